The second-order valence-electron chi connectivity index (χ2n) is 2.68. The Balaban J connectivity index is 2.54. The molecule has 6 nitrogen and oxygen atoms in total. The Bertz CT molecular complexity index is 428. The van der Waals surface area contributed by atoms with Crippen LogP contribution in [0.5, 0.6) is 0 Å². The molecular formula is C7H7BrN6. The summed E-state index contributed by atoms with van der Waals surface area (Å²) < 4.78 is 2.25. The van der Waals surface area contributed by atoms with Crippen molar-refractivity contribution in [3.8, 4) is 11.4 Å². The molecule has 2 N–H and O–H groups in total. The van der Waals surface area contributed by atoms with Crippen molar-refractivity contribution in [1.82, 2.24) is 25.0 Å². The van der Waals surface area contributed by atoms with Gasteiger partial charge in [-0.2, -0.15) is 0 Å². The van der Waals surface area contributed by atoms with Gasteiger partial charge in [-0.15, -0.1) is 5.10 Å². The molecule has 2 heterocycles. The average molecular weight is 255 g/mol. The van der Waals surface area contributed by atoms with Crippen molar-refractivity contribution >= 4 is 21.7 Å². The smallest absolute Gasteiger partial charge is 0.157 e. The van der Waals surface area contributed by atoms with E-state index in [0.29, 0.717) is 16.1 Å². The maximum Gasteiger partial charge on any atom is 0.157 e. The van der Waals surface area contributed by atoms with Gasteiger partial charge < -0.3 is 5.73 Å². The van der Waals surface area contributed by atoms with Crippen LogP contribution in [0.1, 0.15) is 0 Å². The van der Waals surface area contributed by atoms with Crippen LogP contribution in [0.4, 0.5) is 5.82 Å². The highest BCUT2D eigenvalue weighted by molar-refractivity contribution is 9.10. The van der Waals surface area contributed by atoms with Crippen LogP contribution < -0.4 is 5.73 Å². The third-order valence-corrected chi connectivity index (χ3v) is 2.23. The minimum Gasteiger partial charge on any atom is -0.382 e. The first kappa shape index (κ1) is 9.07. The molecule has 0 amide bonds. The predicted molar refractivity (Wildman–Crippen MR) is 54.1 cm³/mol. The number of hydrogen-bond donors (Lipinski definition) is 1. The van der Waals surface area contributed by atoms with Crippen LogP contribution in [0, 0.1) is 0 Å². The van der Waals surface area contributed by atoms with Crippen LogP contribution in [-0.4, -0.2) is 25.0 Å². The molecule has 0 unspecified atom stereocenters. The van der Waals surface area contributed by atoms with E-state index in [1.165, 1.54) is 6.20 Å². The third-order valence-electron chi connectivity index (χ3n) is 1.70. The molecule has 0 spiro atoms. The Morgan fingerprint density at radius 3 is 2.64 bits per heavy atom. The lowest BCUT2D eigenvalue weighted by Crippen LogP contribution is -1.98. The summed E-state index contributed by atoms with van der Waals surface area (Å²) in [6.07, 6.45) is 3.08. The molecule has 0 saturated carbocycles. The van der Waals surface area contributed by atoms with Gasteiger partial charge in [0, 0.05) is 7.05 Å². The highest BCUT2D eigenvalue weighted by Gasteiger charge is 2.11. The van der Waals surface area contributed by atoms with E-state index < -0.39 is 0 Å². The first-order valence-electron chi connectivity index (χ1n) is 3.81. The SMILES string of the molecule is Cn1nnc(Br)c1-c1cnc(N)cn1. The Morgan fingerprint density at radius 2 is 2.14 bits per heavy atom. The molecule has 72 valence electrons. The Morgan fingerprint density at radius 1 is 1.36 bits per heavy atom. The van der Waals surface area contributed by atoms with Gasteiger partial charge in [0.2, 0.25) is 0 Å². The zero-order valence-electron chi connectivity index (χ0n) is 7.35. The van der Waals surface area contributed by atoms with Gasteiger partial charge >= 0.3 is 0 Å². The van der Waals surface area contributed by atoms with Crippen LogP contribution in [0.15, 0.2) is 17.0 Å². The predicted octanol–water partition coefficient (Wildman–Crippen LogP) is 0.617. The fourth-order valence-electron chi connectivity index (χ4n) is 1.06. The summed E-state index contributed by atoms with van der Waals surface area (Å²) in [5, 5.41) is 7.68. The normalized spacial score (nSPS) is 10.4. The monoisotopic (exact) mass is 254 g/mol. The van der Waals surface area contributed by atoms with E-state index in [-0.39, 0.29) is 0 Å². The number of hydrogen-bond acceptors (Lipinski definition) is 5. The van der Waals surface area contributed by atoms with E-state index in [1.807, 2.05) is 0 Å². The molecule has 2 aromatic rings. The molecule has 0 saturated heterocycles. The molecule has 14 heavy (non-hydrogen) atoms. The van der Waals surface area contributed by atoms with Gasteiger partial charge in [-0.05, 0) is 15.9 Å². The summed E-state index contributed by atoms with van der Waals surface area (Å²) in [4.78, 5) is 8.07. The van der Waals surface area contributed by atoms with Crippen molar-refractivity contribution in [3.63, 3.8) is 0 Å². The van der Waals surface area contributed by atoms with Gasteiger partial charge in [-0.3, -0.25) is 0 Å². The summed E-state index contributed by atoms with van der Waals surface area (Å²) in [7, 11) is 1.78. The second-order valence-corrected chi connectivity index (χ2v) is 3.43. The molecule has 0 aromatic carbocycles. The van der Waals surface area contributed by atoms with Crippen LogP contribution >= 0.6 is 15.9 Å². The maximum absolute atomic E-state index is 5.43. The van der Waals surface area contributed by atoms with Gasteiger partial charge in [-0.1, -0.05) is 5.21 Å². The number of nitrogens with two attached hydrogens (primary N) is 1. The summed E-state index contributed by atoms with van der Waals surface area (Å²) >= 11 is 3.28. The van der Waals surface area contributed by atoms with Gasteiger partial charge in [0.05, 0.1) is 12.4 Å². The molecule has 2 rings (SSSR count). The Labute approximate surface area is 88.3 Å². The summed E-state index contributed by atoms with van der Waals surface area (Å²) in [5.74, 6) is 0.389. The van der Waals surface area contributed by atoms with Crippen molar-refractivity contribution in [2.45, 2.75) is 0 Å². The Hall–Kier alpha value is -1.50. The molecule has 0 radical (unpaired) electrons. The molecule has 0 bridgehead atoms. The van der Waals surface area contributed by atoms with Crippen LogP contribution in [0.25, 0.3) is 11.4 Å². The highest BCUT2D eigenvalue weighted by Crippen LogP contribution is 2.22. The fraction of sp³-hybridized carbons (Fsp3) is 0.143. The van der Waals surface area contributed by atoms with E-state index in [1.54, 1.807) is 17.9 Å². The molecule has 7 heteroatoms. The number of rotatable bonds is 1. The lowest BCUT2D eigenvalue weighted by molar-refractivity contribution is 0.718. The number of nitrogens with zero attached hydrogens (tertiary/aromatic N) is 5. The summed E-state index contributed by atoms with van der Waals surface area (Å²) in [6.45, 7) is 0. The quantitative estimate of drug-likeness (QED) is 0.807. The van der Waals surface area contributed by atoms with Crippen LogP contribution in [-0.2, 0) is 7.05 Å². The standard InChI is InChI=1S/C7H7BrN6/c1-14-6(7(8)12-13-14)4-2-11-5(9)3-10-4/h2-3H,1H3,(H2,9,11). The largest absolute Gasteiger partial charge is 0.382 e. The van der Waals surface area contributed by atoms with Crippen LogP contribution in [0.3, 0.4) is 0 Å². The summed E-state index contributed by atoms with van der Waals surface area (Å²) in [5.41, 5.74) is 6.89. The molecule has 0 aliphatic heterocycles. The fourth-order valence-corrected chi connectivity index (χ4v) is 1.59. The minimum atomic E-state index is 0.389. The van der Waals surface area contributed by atoms with Gasteiger partial charge in [0.25, 0.3) is 0 Å². The number of halogens is 1. The topological polar surface area (TPSA) is 82.5 Å². The van der Waals surface area contributed by atoms with Crippen LogP contribution in [0.2, 0.25) is 0 Å². The van der Waals surface area contributed by atoms with Crippen molar-refractivity contribution in [3.05, 3.63) is 17.0 Å². The molecule has 2 aromatic heterocycles. The zero-order chi connectivity index (χ0) is 10.1. The van der Waals surface area contributed by atoms with E-state index in [9.17, 15) is 0 Å². The molecule has 0 fully saturated rings. The molecular weight excluding hydrogens is 248 g/mol. The van der Waals surface area contributed by atoms with Crippen molar-refractivity contribution in [2.75, 3.05) is 5.73 Å². The van der Waals surface area contributed by atoms with Crippen molar-refractivity contribution in [1.29, 1.82) is 0 Å². The van der Waals surface area contributed by atoms with E-state index >= 15 is 0 Å². The third kappa shape index (κ3) is 1.46. The number of nitrogen functional groups attached to an aromatic ring is 1. The molecule has 0 aliphatic rings. The highest BCUT2D eigenvalue weighted by atomic mass is 79.9. The van der Waals surface area contributed by atoms with Gasteiger partial charge in [0.15, 0.2) is 4.60 Å². The zero-order valence-corrected chi connectivity index (χ0v) is 8.93. The second kappa shape index (κ2) is 3.33. The number of anilines is 1. The van der Waals surface area contributed by atoms with E-state index in [4.69, 9.17) is 5.73 Å². The van der Waals surface area contributed by atoms with E-state index in [0.717, 1.165) is 5.69 Å². The molecule has 0 atom stereocenters. The lowest BCUT2D eigenvalue weighted by Gasteiger charge is -1.99. The average Bonchev–Trinajstić information content (AvgIpc) is 2.49. The minimum absolute atomic E-state index is 0.389. The lowest BCUT2D eigenvalue weighted by atomic mass is 10.3. The summed E-state index contributed by atoms with van der Waals surface area (Å²) in [6, 6.07) is 0. The first-order valence-corrected chi connectivity index (χ1v) is 4.61. The number of aromatic nitrogens is 5. The Kier molecular flexibility index (Phi) is 2.16. The maximum atomic E-state index is 5.43. The van der Waals surface area contributed by atoms with Gasteiger partial charge in [-0.25, -0.2) is 14.6 Å². The van der Waals surface area contributed by atoms with Crippen molar-refractivity contribution < 1.29 is 0 Å². The molecule has 0 aliphatic carbocycles. The number of aryl methyl sites for hydroxylation is 1. The van der Waals surface area contributed by atoms with Crippen molar-refractivity contribution in [2.24, 2.45) is 7.05 Å². The first-order chi connectivity index (χ1) is 6.68. The van der Waals surface area contributed by atoms with E-state index in [2.05, 4.69) is 36.2 Å². The van der Waals surface area contributed by atoms with Gasteiger partial charge in [0.1, 0.15) is 17.2 Å².